The van der Waals surface area contributed by atoms with Crippen LogP contribution < -0.4 is 20.1 Å². The number of fused-ring (bicyclic) bond motifs is 2. The predicted octanol–water partition coefficient (Wildman–Crippen LogP) is 4.18. The zero-order chi connectivity index (χ0) is 18.8. The third kappa shape index (κ3) is 3.56. The Bertz CT molecular complexity index is 964. The summed E-state index contributed by atoms with van der Waals surface area (Å²) in [4.78, 5) is 12.4. The molecule has 2 heterocycles. The third-order valence-electron chi connectivity index (χ3n) is 4.63. The van der Waals surface area contributed by atoms with Gasteiger partial charge >= 0.3 is 6.03 Å². The third-order valence-corrected chi connectivity index (χ3v) is 4.63. The molecule has 2 N–H and O–H groups in total. The maximum absolute atomic E-state index is 12.4. The van der Waals surface area contributed by atoms with Gasteiger partial charge < -0.3 is 24.7 Å². The van der Waals surface area contributed by atoms with E-state index in [0.717, 1.165) is 22.3 Å². The van der Waals surface area contributed by atoms with Crippen molar-refractivity contribution in [3.63, 3.8) is 0 Å². The van der Waals surface area contributed by atoms with E-state index >= 15 is 0 Å². The first-order valence-corrected chi connectivity index (χ1v) is 9.14. The molecule has 3 aromatic rings. The number of benzene rings is 2. The van der Waals surface area contributed by atoms with E-state index in [2.05, 4.69) is 35.1 Å². The molecule has 0 saturated heterocycles. The molecule has 1 atom stereocenters. The fourth-order valence-electron chi connectivity index (χ4n) is 3.28. The summed E-state index contributed by atoms with van der Waals surface area (Å²) in [5.74, 6) is 1.44. The second-order valence-electron chi connectivity index (χ2n) is 6.89. The molecule has 0 spiro atoms. The lowest BCUT2D eigenvalue weighted by Crippen LogP contribution is -2.42. The molecule has 2 aromatic carbocycles. The normalized spacial score (nSPS) is 15.7. The minimum atomic E-state index is -0.262. The fraction of sp³-hybridized carbons (Fsp3) is 0.286. The van der Waals surface area contributed by atoms with Crippen molar-refractivity contribution in [3.8, 4) is 11.5 Å². The average molecular weight is 365 g/mol. The van der Waals surface area contributed by atoms with Crippen molar-refractivity contribution >= 4 is 22.6 Å². The summed E-state index contributed by atoms with van der Waals surface area (Å²) in [7, 11) is 0. The minimum Gasteiger partial charge on any atom is -0.486 e. The van der Waals surface area contributed by atoms with Crippen LogP contribution in [0.3, 0.4) is 0 Å². The first kappa shape index (κ1) is 17.3. The molecular weight excluding hydrogens is 342 g/mol. The molecule has 0 unspecified atom stereocenters. The number of amides is 2. The van der Waals surface area contributed by atoms with Crippen LogP contribution in [0.4, 0.5) is 10.5 Å². The summed E-state index contributed by atoms with van der Waals surface area (Å²) < 4.78 is 13.7. The number of rotatable bonds is 4. The minimum absolute atomic E-state index is 0.219. The highest BCUT2D eigenvalue weighted by Crippen LogP contribution is 2.30. The number of anilines is 1. The van der Waals surface area contributed by atoms with Gasteiger partial charge in [-0.2, -0.15) is 0 Å². The highest BCUT2D eigenvalue weighted by molar-refractivity contribution is 6.00. The standard InChI is InChI=1S/C21H23N3O3/c1-14(2)24-11-10-16-17(6-5-7-18(16)24)23-21(25)22-12-15-13-26-19-8-3-4-9-20(19)27-15/h3-11,14-15H,12-13H2,1-2H3,(H2,22,23,25)/t15-/m1/s1. The summed E-state index contributed by atoms with van der Waals surface area (Å²) in [6.07, 6.45) is 1.83. The topological polar surface area (TPSA) is 64.5 Å². The number of ether oxygens (including phenoxy) is 2. The zero-order valence-corrected chi connectivity index (χ0v) is 15.4. The number of hydrogen-bond donors (Lipinski definition) is 2. The summed E-state index contributed by atoms with van der Waals surface area (Å²) >= 11 is 0. The van der Waals surface area contributed by atoms with Crippen molar-refractivity contribution in [3.05, 3.63) is 54.7 Å². The van der Waals surface area contributed by atoms with Crippen LogP contribution in [0.1, 0.15) is 19.9 Å². The molecule has 0 saturated carbocycles. The smallest absolute Gasteiger partial charge is 0.319 e. The monoisotopic (exact) mass is 365 g/mol. The fourth-order valence-corrected chi connectivity index (χ4v) is 3.28. The van der Waals surface area contributed by atoms with Gasteiger partial charge in [-0.1, -0.05) is 18.2 Å². The molecule has 27 heavy (non-hydrogen) atoms. The number of nitrogens with one attached hydrogen (secondary N) is 2. The van der Waals surface area contributed by atoms with E-state index in [1.165, 1.54) is 0 Å². The van der Waals surface area contributed by atoms with E-state index in [0.29, 0.717) is 24.9 Å². The number of carbonyl (C=O) groups is 1. The van der Waals surface area contributed by atoms with Crippen molar-refractivity contribution in [1.29, 1.82) is 0 Å². The van der Waals surface area contributed by atoms with Gasteiger partial charge in [0.1, 0.15) is 6.61 Å². The van der Waals surface area contributed by atoms with Crippen LogP contribution in [-0.4, -0.2) is 29.9 Å². The van der Waals surface area contributed by atoms with Gasteiger partial charge in [0.05, 0.1) is 17.7 Å². The lowest BCUT2D eigenvalue weighted by atomic mass is 10.2. The number of aromatic nitrogens is 1. The molecule has 6 nitrogen and oxygen atoms in total. The molecular formula is C21H23N3O3. The van der Waals surface area contributed by atoms with Gasteiger partial charge in [-0.25, -0.2) is 4.79 Å². The van der Waals surface area contributed by atoms with Crippen molar-refractivity contribution in [2.75, 3.05) is 18.5 Å². The summed E-state index contributed by atoms with van der Waals surface area (Å²) in [6, 6.07) is 15.6. The summed E-state index contributed by atoms with van der Waals surface area (Å²) in [6.45, 7) is 5.04. The lowest BCUT2D eigenvalue weighted by molar-refractivity contribution is 0.0922. The molecule has 1 aliphatic heterocycles. The zero-order valence-electron chi connectivity index (χ0n) is 15.4. The molecule has 6 heteroatoms. The summed E-state index contributed by atoms with van der Waals surface area (Å²) in [5, 5.41) is 6.82. The van der Waals surface area contributed by atoms with Crippen molar-refractivity contribution in [1.82, 2.24) is 9.88 Å². The van der Waals surface area contributed by atoms with Crippen LogP contribution in [0.15, 0.2) is 54.7 Å². The van der Waals surface area contributed by atoms with Gasteiger partial charge in [-0.3, -0.25) is 0 Å². The maximum Gasteiger partial charge on any atom is 0.319 e. The van der Waals surface area contributed by atoms with E-state index in [1.54, 1.807) is 0 Å². The quantitative estimate of drug-likeness (QED) is 0.729. The second kappa shape index (κ2) is 7.23. The van der Waals surface area contributed by atoms with E-state index in [-0.39, 0.29) is 12.1 Å². The largest absolute Gasteiger partial charge is 0.486 e. The molecule has 0 fully saturated rings. The number of urea groups is 1. The van der Waals surface area contributed by atoms with Crippen LogP contribution in [-0.2, 0) is 0 Å². The molecule has 2 amide bonds. The Balaban J connectivity index is 1.38. The van der Waals surface area contributed by atoms with E-state index in [9.17, 15) is 4.79 Å². The number of hydrogen-bond acceptors (Lipinski definition) is 3. The van der Waals surface area contributed by atoms with Crippen molar-refractivity contribution in [2.45, 2.75) is 26.0 Å². The average Bonchev–Trinajstić information content (AvgIpc) is 3.12. The van der Waals surface area contributed by atoms with Gasteiger partial charge in [-0.15, -0.1) is 0 Å². The second-order valence-corrected chi connectivity index (χ2v) is 6.89. The predicted molar refractivity (Wildman–Crippen MR) is 106 cm³/mol. The Morgan fingerprint density at radius 3 is 2.78 bits per heavy atom. The SMILES string of the molecule is CC(C)n1ccc2c(NC(=O)NC[C@@H]3COc4ccccc4O3)cccc21. The molecule has 0 bridgehead atoms. The van der Waals surface area contributed by atoms with Crippen LogP contribution in [0.5, 0.6) is 11.5 Å². The van der Waals surface area contributed by atoms with E-state index in [1.807, 2.05) is 48.7 Å². The molecule has 1 aromatic heterocycles. The molecule has 140 valence electrons. The van der Waals surface area contributed by atoms with Gasteiger partial charge in [0.15, 0.2) is 17.6 Å². The molecule has 4 rings (SSSR count). The lowest BCUT2D eigenvalue weighted by Gasteiger charge is -2.26. The number of nitrogens with zero attached hydrogens (tertiary/aromatic N) is 1. The Kier molecular flexibility index (Phi) is 4.62. The Labute approximate surface area is 158 Å². The van der Waals surface area contributed by atoms with E-state index in [4.69, 9.17) is 9.47 Å². The maximum atomic E-state index is 12.4. The van der Waals surface area contributed by atoms with Crippen LogP contribution in [0.2, 0.25) is 0 Å². The summed E-state index contributed by atoms with van der Waals surface area (Å²) in [5.41, 5.74) is 1.89. The molecule has 0 radical (unpaired) electrons. The first-order chi connectivity index (χ1) is 13.1. The van der Waals surface area contributed by atoms with Crippen LogP contribution in [0.25, 0.3) is 10.9 Å². The Hall–Kier alpha value is -3.15. The van der Waals surface area contributed by atoms with Crippen molar-refractivity contribution in [2.24, 2.45) is 0 Å². The van der Waals surface area contributed by atoms with Gasteiger partial charge in [0, 0.05) is 17.6 Å². The van der Waals surface area contributed by atoms with Crippen molar-refractivity contribution < 1.29 is 14.3 Å². The van der Waals surface area contributed by atoms with Gasteiger partial charge in [-0.05, 0) is 44.2 Å². The van der Waals surface area contributed by atoms with Gasteiger partial charge in [0.2, 0.25) is 0 Å². The first-order valence-electron chi connectivity index (χ1n) is 9.14. The van der Waals surface area contributed by atoms with Crippen LogP contribution in [0, 0.1) is 0 Å². The molecule has 1 aliphatic rings. The number of para-hydroxylation sites is 2. The van der Waals surface area contributed by atoms with Gasteiger partial charge in [0.25, 0.3) is 0 Å². The Morgan fingerprint density at radius 2 is 1.96 bits per heavy atom. The highest BCUT2D eigenvalue weighted by atomic mass is 16.6. The number of carbonyl (C=O) groups excluding carboxylic acids is 1. The molecule has 0 aliphatic carbocycles. The van der Waals surface area contributed by atoms with E-state index < -0.39 is 0 Å². The van der Waals surface area contributed by atoms with Crippen LogP contribution >= 0.6 is 0 Å². The highest BCUT2D eigenvalue weighted by Gasteiger charge is 2.21. The Morgan fingerprint density at radius 1 is 1.15 bits per heavy atom.